The quantitative estimate of drug-likeness (QED) is 0.343. The summed E-state index contributed by atoms with van der Waals surface area (Å²) in [5, 5.41) is 15.0. The number of aliphatic hydroxyl groups is 1. The van der Waals surface area contributed by atoms with Gasteiger partial charge in [-0.1, -0.05) is 78.9 Å². The number of urea groups is 1. The van der Waals surface area contributed by atoms with Crippen LogP contribution in [0.1, 0.15) is 66.5 Å². The maximum Gasteiger partial charge on any atom is 0.315 e. The zero-order valence-electron chi connectivity index (χ0n) is 22.5. The van der Waals surface area contributed by atoms with Crippen LogP contribution in [0.4, 0.5) is 4.79 Å². The molecule has 0 saturated carbocycles. The van der Waals surface area contributed by atoms with Crippen LogP contribution in [0.15, 0.2) is 78.9 Å². The molecule has 1 fully saturated rings. The van der Waals surface area contributed by atoms with Crippen LogP contribution >= 0.6 is 0 Å². The molecule has 3 aromatic rings. The maximum atomic E-state index is 11.7. The summed E-state index contributed by atoms with van der Waals surface area (Å²) >= 11 is 0. The van der Waals surface area contributed by atoms with Gasteiger partial charge in [-0.2, -0.15) is 0 Å². The van der Waals surface area contributed by atoms with Crippen molar-refractivity contribution in [2.75, 3.05) is 20.1 Å². The third kappa shape index (κ3) is 7.42. The second-order valence-electron chi connectivity index (χ2n) is 9.83. The van der Waals surface area contributed by atoms with Crippen molar-refractivity contribution in [2.45, 2.75) is 58.0 Å². The van der Waals surface area contributed by atoms with E-state index in [1.54, 1.807) is 0 Å². The van der Waals surface area contributed by atoms with Gasteiger partial charge in [0.2, 0.25) is 0 Å². The molecular formula is C31H39N3O4. The predicted octanol–water partition coefficient (Wildman–Crippen LogP) is 5.24. The molecule has 4 unspecified atom stereocenters. The molecule has 3 aromatic carbocycles. The fraction of sp³-hybridized carbons (Fsp3) is 0.387. The van der Waals surface area contributed by atoms with Gasteiger partial charge in [0.25, 0.3) is 0 Å². The van der Waals surface area contributed by atoms with Gasteiger partial charge in [-0.25, -0.2) is 4.79 Å². The van der Waals surface area contributed by atoms with Gasteiger partial charge in [-0.3, -0.25) is 4.90 Å². The van der Waals surface area contributed by atoms with Gasteiger partial charge < -0.3 is 25.2 Å². The number of ether oxygens (including phenoxy) is 2. The van der Waals surface area contributed by atoms with E-state index in [2.05, 4.69) is 53.8 Å². The van der Waals surface area contributed by atoms with Gasteiger partial charge in [0.05, 0.1) is 18.8 Å². The van der Waals surface area contributed by atoms with Crippen molar-refractivity contribution in [1.29, 1.82) is 0 Å². The van der Waals surface area contributed by atoms with Crippen molar-refractivity contribution >= 4 is 6.03 Å². The number of nitrogens with zero attached hydrogens (tertiary/aromatic N) is 1. The van der Waals surface area contributed by atoms with E-state index in [0.29, 0.717) is 13.1 Å². The van der Waals surface area contributed by atoms with E-state index in [0.717, 1.165) is 35.2 Å². The van der Waals surface area contributed by atoms with Gasteiger partial charge >= 0.3 is 6.03 Å². The highest BCUT2D eigenvalue weighted by molar-refractivity contribution is 5.73. The molecule has 1 heterocycles. The third-order valence-electron chi connectivity index (χ3n) is 7.09. The third-order valence-corrected chi connectivity index (χ3v) is 7.09. The first-order chi connectivity index (χ1) is 18.5. The first-order valence-corrected chi connectivity index (χ1v) is 13.3. The molecule has 1 saturated heterocycles. The van der Waals surface area contributed by atoms with Crippen LogP contribution in [0.3, 0.4) is 0 Å². The Kier molecular flexibility index (Phi) is 9.90. The lowest BCUT2D eigenvalue weighted by Gasteiger charge is -2.39. The Labute approximate surface area is 225 Å². The fourth-order valence-corrected chi connectivity index (χ4v) is 4.70. The summed E-state index contributed by atoms with van der Waals surface area (Å²) < 4.78 is 13.0. The largest absolute Gasteiger partial charge is 0.392 e. The number of hydrogen-bond donors (Lipinski definition) is 3. The van der Waals surface area contributed by atoms with Crippen molar-refractivity contribution in [3.63, 3.8) is 0 Å². The van der Waals surface area contributed by atoms with E-state index in [4.69, 9.17) is 9.47 Å². The van der Waals surface area contributed by atoms with Crippen molar-refractivity contribution < 1.29 is 19.4 Å². The van der Waals surface area contributed by atoms with E-state index in [1.807, 2.05) is 61.5 Å². The number of amides is 2. The Morgan fingerprint density at radius 1 is 0.947 bits per heavy atom. The number of aliphatic hydroxyl groups excluding tert-OH is 1. The molecule has 38 heavy (non-hydrogen) atoms. The Bertz CT molecular complexity index is 1140. The van der Waals surface area contributed by atoms with E-state index in [1.165, 1.54) is 5.56 Å². The molecule has 0 radical (unpaired) electrons. The molecule has 2 amide bonds. The number of rotatable bonds is 10. The maximum absolute atomic E-state index is 11.7. The Morgan fingerprint density at radius 2 is 1.61 bits per heavy atom. The second-order valence-corrected chi connectivity index (χ2v) is 9.83. The molecule has 3 N–H and O–H groups in total. The topological polar surface area (TPSA) is 83.1 Å². The smallest absolute Gasteiger partial charge is 0.315 e. The molecule has 4 rings (SSSR count). The lowest BCUT2D eigenvalue weighted by atomic mass is 9.99. The fourth-order valence-electron chi connectivity index (χ4n) is 4.70. The molecule has 0 aromatic heterocycles. The molecule has 0 aliphatic carbocycles. The highest BCUT2D eigenvalue weighted by atomic mass is 16.7. The average Bonchev–Trinajstić information content (AvgIpc) is 2.96. The van der Waals surface area contributed by atoms with Crippen LogP contribution in [0.2, 0.25) is 0 Å². The number of carbonyl (C=O) groups excluding carboxylic acids is 1. The number of likely N-dealkylation sites (N-methyl/N-ethyl adjacent to an activating group) is 1. The van der Waals surface area contributed by atoms with Crippen LogP contribution < -0.4 is 10.6 Å². The molecule has 4 atom stereocenters. The SMILES string of the molecule is CCNC(=O)NCc1ccc(C2OC(CN(C)C(C)c3ccccc3)CC(c3ccc(CO)cc3)O2)cc1. The summed E-state index contributed by atoms with van der Waals surface area (Å²) in [6, 6.07) is 26.5. The van der Waals surface area contributed by atoms with E-state index >= 15 is 0 Å². The van der Waals surface area contributed by atoms with E-state index in [9.17, 15) is 9.90 Å². The second kappa shape index (κ2) is 13.5. The lowest BCUT2D eigenvalue weighted by Crippen LogP contribution is -2.38. The number of carbonyl (C=O) groups is 1. The minimum atomic E-state index is -0.512. The van der Waals surface area contributed by atoms with Crippen LogP contribution in [-0.2, 0) is 22.6 Å². The number of benzene rings is 3. The first kappa shape index (κ1) is 27.8. The molecule has 0 bridgehead atoms. The van der Waals surface area contributed by atoms with Crippen molar-refractivity contribution in [3.8, 4) is 0 Å². The number of nitrogens with one attached hydrogen (secondary N) is 2. The zero-order chi connectivity index (χ0) is 26.9. The van der Waals surface area contributed by atoms with Gasteiger partial charge in [0.15, 0.2) is 6.29 Å². The monoisotopic (exact) mass is 517 g/mol. The Hall–Kier alpha value is -3.23. The van der Waals surface area contributed by atoms with Crippen molar-refractivity contribution in [2.24, 2.45) is 0 Å². The molecule has 1 aliphatic rings. The minimum absolute atomic E-state index is 0.0175. The summed E-state index contributed by atoms with van der Waals surface area (Å²) in [4.78, 5) is 14.0. The van der Waals surface area contributed by atoms with Crippen molar-refractivity contribution in [1.82, 2.24) is 15.5 Å². The minimum Gasteiger partial charge on any atom is -0.392 e. The highest BCUT2D eigenvalue weighted by Crippen LogP contribution is 2.38. The van der Waals surface area contributed by atoms with Gasteiger partial charge in [0, 0.05) is 37.7 Å². The summed E-state index contributed by atoms with van der Waals surface area (Å²) in [5.74, 6) is 0. The van der Waals surface area contributed by atoms with E-state index in [-0.39, 0.29) is 30.9 Å². The lowest BCUT2D eigenvalue weighted by molar-refractivity contribution is -0.253. The average molecular weight is 518 g/mol. The Morgan fingerprint density at radius 3 is 2.26 bits per heavy atom. The van der Waals surface area contributed by atoms with Gasteiger partial charge in [-0.05, 0) is 43.1 Å². The molecule has 7 nitrogen and oxygen atoms in total. The standard InChI is InChI=1S/C31H39N3O4/c1-4-32-31(36)33-19-23-10-16-27(17-11-23)30-37-28(20-34(3)22(2)25-8-6-5-7-9-25)18-29(38-30)26-14-12-24(21-35)13-15-26/h5-17,22,28-30,35H,4,18-21H2,1-3H3,(H2,32,33,36). The molecule has 202 valence electrons. The predicted molar refractivity (Wildman–Crippen MR) is 148 cm³/mol. The first-order valence-electron chi connectivity index (χ1n) is 13.3. The van der Waals surface area contributed by atoms with Crippen LogP contribution in [-0.4, -0.2) is 42.3 Å². The zero-order valence-corrected chi connectivity index (χ0v) is 22.5. The normalized spacial score (nSPS) is 20.2. The summed E-state index contributed by atoms with van der Waals surface area (Å²) in [5.41, 5.74) is 5.16. The highest BCUT2D eigenvalue weighted by Gasteiger charge is 2.33. The molecule has 0 spiro atoms. The van der Waals surface area contributed by atoms with Crippen LogP contribution in [0, 0.1) is 0 Å². The van der Waals surface area contributed by atoms with Gasteiger partial charge in [-0.15, -0.1) is 0 Å². The summed E-state index contributed by atoms with van der Waals surface area (Å²) in [6.45, 7) is 5.92. The molecule has 7 heteroatoms. The Balaban J connectivity index is 1.49. The van der Waals surface area contributed by atoms with Crippen LogP contribution in [0.25, 0.3) is 0 Å². The van der Waals surface area contributed by atoms with Crippen molar-refractivity contribution in [3.05, 3.63) is 107 Å². The van der Waals surface area contributed by atoms with Gasteiger partial charge in [0.1, 0.15) is 0 Å². The van der Waals surface area contributed by atoms with Crippen LogP contribution in [0.5, 0.6) is 0 Å². The molecule has 1 aliphatic heterocycles. The number of hydrogen-bond acceptors (Lipinski definition) is 5. The van der Waals surface area contributed by atoms with E-state index < -0.39 is 6.29 Å². The molecular weight excluding hydrogens is 478 g/mol. The summed E-state index contributed by atoms with van der Waals surface area (Å²) in [7, 11) is 2.13. The summed E-state index contributed by atoms with van der Waals surface area (Å²) in [6.07, 6.45) is 0.0506.